The number of carbonyl (C=O) groups excluding carboxylic acids is 1. The summed E-state index contributed by atoms with van der Waals surface area (Å²) in [7, 11) is 1.89. The molecule has 0 fully saturated rings. The van der Waals surface area contributed by atoms with Crippen LogP contribution in [0.25, 0.3) is 28.2 Å². The second kappa shape index (κ2) is 6.66. The molecule has 0 radical (unpaired) electrons. The van der Waals surface area contributed by atoms with Gasteiger partial charge in [0.2, 0.25) is 0 Å². The van der Waals surface area contributed by atoms with E-state index in [-0.39, 0.29) is 5.97 Å². The summed E-state index contributed by atoms with van der Waals surface area (Å²) in [5, 5.41) is 5.57. The predicted molar refractivity (Wildman–Crippen MR) is 94.3 cm³/mol. The molecule has 0 aliphatic carbocycles. The van der Waals surface area contributed by atoms with Crippen LogP contribution in [0.4, 0.5) is 0 Å². The average Bonchev–Trinajstić information content (AvgIpc) is 2.86. The van der Waals surface area contributed by atoms with Crippen LogP contribution in [0.1, 0.15) is 18.2 Å². The average molecular weight is 321 g/mol. The van der Waals surface area contributed by atoms with Crippen molar-refractivity contribution in [3.63, 3.8) is 0 Å². The van der Waals surface area contributed by atoms with Gasteiger partial charge < -0.3 is 4.74 Å². The molecule has 0 spiro atoms. The highest BCUT2D eigenvalue weighted by Gasteiger charge is 2.16. The van der Waals surface area contributed by atoms with Crippen LogP contribution in [0.15, 0.2) is 42.6 Å². The van der Waals surface area contributed by atoms with E-state index in [1.54, 1.807) is 19.2 Å². The number of aryl methyl sites for hydroxylation is 2. The van der Waals surface area contributed by atoms with E-state index < -0.39 is 0 Å². The Morgan fingerprint density at radius 2 is 2.08 bits per heavy atom. The van der Waals surface area contributed by atoms with Crippen molar-refractivity contribution >= 4 is 22.9 Å². The number of hydrogen-bond acceptors (Lipinski definition) is 4. The Labute approximate surface area is 140 Å². The van der Waals surface area contributed by atoms with Crippen molar-refractivity contribution in [2.75, 3.05) is 6.61 Å². The predicted octanol–water partition coefficient (Wildman–Crippen LogP) is 3.52. The molecule has 0 atom stereocenters. The molecule has 0 saturated heterocycles. The lowest BCUT2D eigenvalue weighted by molar-refractivity contribution is -0.137. The van der Waals surface area contributed by atoms with Gasteiger partial charge in [0.25, 0.3) is 0 Å². The Kier molecular flexibility index (Phi) is 4.42. The first kappa shape index (κ1) is 15.9. The zero-order valence-corrected chi connectivity index (χ0v) is 14.0. The molecule has 1 aromatic carbocycles. The molecule has 0 bridgehead atoms. The Bertz CT molecular complexity index is 920. The lowest BCUT2D eigenvalue weighted by Gasteiger charge is -2.08. The number of benzene rings is 1. The molecule has 5 heteroatoms. The summed E-state index contributed by atoms with van der Waals surface area (Å²) in [5.41, 5.74) is 4.57. The van der Waals surface area contributed by atoms with Crippen LogP contribution in [-0.4, -0.2) is 27.3 Å². The SMILES string of the molecule is CCOC(=O)C=Cc1c(C)nn(C)c1-c1cccc2cccnc12. The van der Waals surface area contributed by atoms with E-state index in [1.165, 1.54) is 6.08 Å². The molecule has 0 unspecified atom stereocenters. The summed E-state index contributed by atoms with van der Waals surface area (Å²) >= 11 is 0. The number of para-hydroxylation sites is 1. The number of hydrogen-bond donors (Lipinski definition) is 0. The molecule has 0 aliphatic heterocycles. The van der Waals surface area contributed by atoms with Crippen molar-refractivity contribution in [1.82, 2.24) is 14.8 Å². The molecule has 24 heavy (non-hydrogen) atoms. The first-order valence-electron chi connectivity index (χ1n) is 7.84. The standard InChI is InChI=1S/C19H19N3O2/c1-4-24-17(23)11-10-15-13(2)21-22(3)19(15)16-9-5-7-14-8-6-12-20-18(14)16/h5-12H,4H2,1-3H3. The maximum absolute atomic E-state index is 11.6. The van der Waals surface area contributed by atoms with Gasteiger partial charge in [0.05, 0.1) is 23.5 Å². The van der Waals surface area contributed by atoms with E-state index in [9.17, 15) is 4.79 Å². The zero-order valence-electron chi connectivity index (χ0n) is 14.0. The minimum Gasteiger partial charge on any atom is -0.463 e. The lowest BCUT2D eigenvalue weighted by Crippen LogP contribution is -1.99. The molecular weight excluding hydrogens is 302 g/mol. The fourth-order valence-corrected chi connectivity index (χ4v) is 2.83. The van der Waals surface area contributed by atoms with Crippen LogP contribution in [0.3, 0.4) is 0 Å². The molecular formula is C19H19N3O2. The number of carbonyl (C=O) groups is 1. The van der Waals surface area contributed by atoms with Gasteiger partial charge in [0, 0.05) is 35.8 Å². The van der Waals surface area contributed by atoms with E-state index in [4.69, 9.17) is 4.74 Å². The topological polar surface area (TPSA) is 57.0 Å². The first-order chi connectivity index (χ1) is 11.6. The molecule has 3 rings (SSSR count). The third-order valence-electron chi connectivity index (χ3n) is 3.83. The van der Waals surface area contributed by atoms with Crippen LogP contribution in [-0.2, 0) is 16.6 Å². The van der Waals surface area contributed by atoms with Crippen LogP contribution >= 0.6 is 0 Å². The van der Waals surface area contributed by atoms with Crippen molar-refractivity contribution in [1.29, 1.82) is 0 Å². The van der Waals surface area contributed by atoms with Gasteiger partial charge >= 0.3 is 5.97 Å². The van der Waals surface area contributed by atoms with E-state index in [0.29, 0.717) is 6.61 Å². The molecule has 3 aromatic rings. The van der Waals surface area contributed by atoms with Gasteiger partial charge in [-0.05, 0) is 26.0 Å². The molecule has 0 saturated carbocycles. The van der Waals surface area contributed by atoms with Gasteiger partial charge in [-0.2, -0.15) is 5.10 Å². The lowest BCUT2D eigenvalue weighted by atomic mass is 10.0. The number of ether oxygens (including phenoxy) is 1. The van der Waals surface area contributed by atoms with Crippen molar-refractivity contribution < 1.29 is 9.53 Å². The summed E-state index contributed by atoms with van der Waals surface area (Å²) in [5.74, 6) is -0.359. The molecule has 2 aromatic heterocycles. The third kappa shape index (κ3) is 2.93. The highest BCUT2D eigenvalue weighted by molar-refractivity contribution is 5.96. The van der Waals surface area contributed by atoms with Crippen LogP contribution in [0, 0.1) is 6.92 Å². The van der Waals surface area contributed by atoms with Crippen molar-refractivity contribution in [2.24, 2.45) is 7.05 Å². The number of esters is 1. The minimum atomic E-state index is -0.359. The second-order valence-corrected chi connectivity index (χ2v) is 5.44. The monoisotopic (exact) mass is 321 g/mol. The fourth-order valence-electron chi connectivity index (χ4n) is 2.83. The fraction of sp³-hybridized carbons (Fsp3) is 0.211. The first-order valence-corrected chi connectivity index (χ1v) is 7.84. The van der Waals surface area contributed by atoms with Gasteiger partial charge in [0.15, 0.2) is 0 Å². The molecule has 2 heterocycles. The second-order valence-electron chi connectivity index (χ2n) is 5.44. The molecule has 5 nitrogen and oxygen atoms in total. The largest absolute Gasteiger partial charge is 0.463 e. The van der Waals surface area contributed by atoms with Crippen molar-refractivity contribution in [3.05, 3.63) is 53.9 Å². The number of rotatable bonds is 4. The molecule has 0 aliphatic rings. The van der Waals surface area contributed by atoms with Gasteiger partial charge in [-0.25, -0.2) is 4.79 Å². The van der Waals surface area contributed by atoms with E-state index in [2.05, 4.69) is 10.1 Å². The summed E-state index contributed by atoms with van der Waals surface area (Å²) in [6.07, 6.45) is 4.98. The van der Waals surface area contributed by atoms with Crippen molar-refractivity contribution in [3.8, 4) is 11.3 Å². The molecule has 122 valence electrons. The van der Waals surface area contributed by atoms with Crippen LogP contribution in [0.5, 0.6) is 0 Å². The summed E-state index contributed by atoms with van der Waals surface area (Å²) in [6, 6.07) is 10.0. The van der Waals surface area contributed by atoms with E-state index in [1.807, 2.05) is 49.0 Å². The summed E-state index contributed by atoms with van der Waals surface area (Å²) in [6.45, 7) is 4.07. The molecule has 0 N–H and O–H groups in total. The zero-order chi connectivity index (χ0) is 17.1. The van der Waals surface area contributed by atoms with Gasteiger partial charge in [-0.15, -0.1) is 0 Å². The normalized spacial score (nSPS) is 11.3. The minimum absolute atomic E-state index is 0.356. The van der Waals surface area contributed by atoms with Crippen LogP contribution in [0.2, 0.25) is 0 Å². The quantitative estimate of drug-likeness (QED) is 0.545. The summed E-state index contributed by atoms with van der Waals surface area (Å²) in [4.78, 5) is 16.2. The Hall–Kier alpha value is -2.95. The van der Waals surface area contributed by atoms with Crippen molar-refractivity contribution in [2.45, 2.75) is 13.8 Å². The highest BCUT2D eigenvalue weighted by atomic mass is 16.5. The Morgan fingerprint density at radius 1 is 1.29 bits per heavy atom. The van der Waals surface area contributed by atoms with Gasteiger partial charge in [0.1, 0.15) is 0 Å². The maximum atomic E-state index is 11.6. The molecule has 0 amide bonds. The smallest absolute Gasteiger partial charge is 0.330 e. The summed E-state index contributed by atoms with van der Waals surface area (Å²) < 4.78 is 6.78. The van der Waals surface area contributed by atoms with Gasteiger partial charge in [-0.1, -0.05) is 24.3 Å². The Morgan fingerprint density at radius 3 is 2.88 bits per heavy atom. The number of aromatic nitrogens is 3. The third-order valence-corrected chi connectivity index (χ3v) is 3.83. The van der Waals surface area contributed by atoms with Gasteiger partial charge in [-0.3, -0.25) is 9.67 Å². The maximum Gasteiger partial charge on any atom is 0.330 e. The highest BCUT2D eigenvalue weighted by Crippen LogP contribution is 2.31. The number of pyridine rings is 1. The Balaban J connectivity index is 2.16. The van der Waals surface area contributed by atoms with E-state index >= 15 is 0 Å². The number of fused-ring (bicyclic) bond motifs is 1. The number of nitrogens with zero attached hydrogens (tertiary/aromatic N) is 3. The van der Waals surface area contributed by atoms with E-state index in [0.717, 1.165) is 33.4 Å². The van der Waals surface area contributed by atoms with Crippen LogP contribution < -0.4 is 0 Å².